The quantitative estimate of drug-likeness (QED) is 0.760. The van der Waals surface area contributed by atoms with Gasteiger partial charge in [0.1, 0.15) is 0 Å². The molecule has 18 heavy (non-hydrogen) atoms. The van der Waals surface area contributed by atoms with Crippen LogP contribution >= 0.6 is 0 Å². The fourth-order valence-electron chi connectivity index (χ4n) is 3.44. The van der Waals surface area contributed by atoms with Gasteiger partial charge in [0.2, 0.25) is 0 Å². The summed E-state index contributed by atoms with van der Waals surface area (Å²) in [5.41, 5.74) is 0. The lowest BCUT2D eigenvalue weighted by atomic mass is 9.89. The Balaban J connectivity index is 1.59. The van der Waals surface area contributed by atoms with E-state index in [0.29, 0.717) is 6.54 Å². The van der Waals surface area contributed by atoms with E-state index in [1.54, 1.807) is 0 Å². The largest absolute Gasteiger partial charge is 0.316 e. The summed E-state index contributed by atoms with van der Waals surface area (Å²) in [5, 5.41) is 12.4. The van der Waals surface area contributed by atoms with E-state index < -0.39 is 0 Å². The Morgan fingerprint density at radius 1 is 1.00 bits per heavy atom. The molecule has 1 N–H and O–H groups in total. The van der Waals surface area contributed by atoms with Gasteiger partial charge in [-0.25, -0.2) is 0 Å². The molecule has 0 bridgehead atoms. The Labute approximate surface area is 112 Å². The van der Waals surface area contributed by atoms with Crippen LogP contribution in [-0.4, -0.2) is 37.6 Å². The van der Waals surface area contributed by atoms with Crippen molar-refractivity contribution >= 4 is 0 Å². The highest BCUT2D eigenvalue weighted by atomic mass is 15.1. The van der Waals surface area contributed by atoms with Gasteiger partial charge >= 0.3 is 0 Å². The highest BCUT2D eigenvalue weighted by Gasteiger charge is 2.20. The molecular formula is C15H27N3. The molecule has 0 spiro atoms. The standard InChI is InChI=1S/C15H27N3/c16-8-10-18-9-4-7-15(13-18)12-17-11-14-5-2-1-3-6-14/h14-15,17H,1-7,9-13H2. The fourth-order valence-corrected chi connectivity index (χ4v) is 3.44. The number of likely N-dealkylation sites (tertiary alicyclic amines) is 1. The number of nitrogens with one attached hydrogen (secondary N) is 1. The van der Waals surface area contributed by atoms with Crippen molar-refractivity contribution in [3.05, 3.63) is 0 Å². The Bertz CT molecular complexity index is 265. The van der Waals surface area contributed by atoms with Crippen molar-refractivity contribution in [2.75, 3.05) is 32.7 Å². The Morgan fingerprint density at radius 3 is 2.50 bits per heavy atom. The van der Waals surface area contributed by atoms with Crippen LogP contribution in [0.25, 0.3) is 0 Å². The smallest absolute Gasteiger partial charge is 0.0866 e. The van der Waals surface area contributed by atoms with Gasteiger partial charge in [0.25, 0.3) is 0 Å². The van der Waals surface area contributed by atoms with Crippen molar-refractivity contribution < 1.29 is 0 Å². The average molecular weight is 249 g/mol. The minimum Gasteiger partial charge on any atom is -0.316 e. The predicted molar refractivity (Wildman–Crippen MR) is 74.2 cm³/mol. The normalized spacial score (nSPS) is 26.9. The van der Waals surface area contributed by atoms with Crippen molar-refractivity contribution in [1.82, 2.24) is 10.2 Å². The third kappa shape index (κ3) is 4.59. The second kappa shape index (κ2) is 7.76. The molecule has 102 valence electrons. The summed E-state index contributed by atoms with van der Waals surface area (Å²) in [6, 6.07) is 2.27. The molecule has 2 rings (SSSR count). The van der Waals surface area contributed by atoms with E-state index in [2.05, 4.69) is 16.3 Å². The van der Waals surface area contributed by atoms with Gasteiger partial charge in [-0.05, 0) is 57.2 Å². The topological polar surface area (TPSA) is 39.1 Å². The van der Waals surface area contributed by atoms with Gasteiger partial charge in [-0.1, -0.05) is 19.3 Å². The van der Waals surface area contributed by atoms with Crippen molar-refractivity contribution in [2.24, 2.45) is 11.8 Å². The van der Waals surface area contributed by atoms with Crippen molar-refractivity contribution in [2.45, 2.75) is 44.9 Å². The number of rotatable bonds is 5. The van der Waals surface area contributed by atoms with Crippen LogP contribution in [0.5, 0.6) is 0 Å². The van der Waals surface area contributed by atoms with Gasteiger partial charge in [-0.3, -0.25) is 4.90 Å². The Hall–Kier alpha value is -0.590. The molecule has 2 aliphatic rings. The SMILES string of the molecule is N#CCN1CCCC(CNCC2CCCCC2)C1. The first-order valence-electron chi connectivity index (χ1n) is 7.68. The Morgan fingerprint density at radius 2 is 1.72 bits per heavy atom. The Kier molecular flexibility index (Phi) is 5.96. The van der Waals surface area contributed by atoms with Gasteiger partial charge in [0.15, 0.2) is 0 Å². The second-order valence-corrected chi connectivity index (χ2v) is 6.06. The van der Waals surface area contributed by atoms with Crippen molar-refractivity contribution in [3.63, 3.8) is 0 Å². The summed E-state index contributed by atoms with van der Waals surface area (Å²) in [6.07, 6.45) is 9.77. The molecule has 1 saturated heterocycles. The third-order valence-corrected chi connectivity index (χ3v) is 4.49. The summed E-state index contributed by atoms with van der Waals surface area (Å²) in [5.74, 6) is 1.69. The first kappa shape index (κ1) is 13.8. The van der Waals surface area contributed by atoms with Gasteiger partial charge in [0.05, 0.1) is 12.6 Å². The van der Waals surface area contributed by atoms with Crippen LogP contribution in [-0.2, 0) is 0 Å². The van der Waals surface area contributed by atoms with Crippen molar-refractivity contribution in [3.8, 4) is 6.07 Å². The maximum absolute atomic E-state index is 8.74. The molecule has 1 unspecified atom stereocenters. The predicted octanol–water partition coefficient (Wildman–Crippen LogP) is 2.39. The van der Waals surface area contributed by atoms with E-state index in [4.69, 9.17) is 5.26 Å². The average Bonchev–Trinajstić information content (AvgIpc) is 2.41. The minimum atomic E-state index is 0.610. The molecular weight excluding hydrogens is 222 g/mol. The van der Waals surface area contributed by atoms with Gasteiger partial charge in [-0.15, -0.1) is 0 Å². The number of hydrogen-bond acceptors (Lipinski definition) is 3. The van der Waals surface area contributed by atoms with Crippen LogP contribution in [0.2, 0.25) is 0 Å². The molecule has 0 aromatic rings. The third-order valence-electron chi connectivity index (χ3n) is 4.49. The second-order valence-electron chi connectivity index (χ2n) is 6.06. The van der Waals surface area contributed by atoms with Crippen LogP contribution < -0.4 is 5.32 Å². The van der Waals surface area contributed by atoms with Gasteiger partial charge in [-0.2, -0.15) is 5.26 Å². The molecule has 0 radical (unpaired) electrons. The van der Waals surface area contributed by atoms with Gasteiger partial charge in [0, 0.05) is 6.54 Å². The summed E-state index contributed by atoms with van der Waals surface area (Å²) >= 11 is 0. The molecule has 2 fully saturated rings. The van der Waals surface area contributed by atoms with E-state index in [9.17, 15) is 0 Å². The van der Waals surface area contributed by atoms with Crippen LogP contribution in [0, 0.1) is 23.2 Å². The lowest BCUT2D eigenvalue weighted by Gasteiger charge is -2.31. The molecule has 1 aliphatic heterocycles. The lowest BCUT2D eigenvalue weighted by Crippen LogP contribution is -2.40. The molecule has 1 saturated carbocycles. The van der Waals surface area contributed by atoms with Crippen LogP contribution in [0.4, 0.5) is 0 Å². The summed E-state index contributed by atoms with van der Waals surface area (Å²) in [6.45, 7) is 5.21. The van der Waals surface area contributed by atoms with E-state index in [1.165, 1.54) is 51.5 Å². The zero-order chi connectivity index (χ0) is 12.6. The fraction of sp³-hybridized carbons (Fsp3) is 0.933. The van der Waals surface area contributed by atoms with Crippen LogP contribution in [0.1, 0.15) is 44.9 Å². The van der Waals surface area contributed by atoms with E-state index in [0.717, 1.165) is 31.5 Å². The molecule has 0 aromatic heterocycles. The van der Waals surface area contributed by atoms with Gasteiger partial charge < -0.3 is 5.32 Å². The maximum Gasteiger partial charge on any atom is 0.0866 e. The van der Waals surface area contributed by atoms with E-state index in [1.807, 2.05) is 0 Å². The molecule has 1 atom stereocenters. The lowest BCUT2D eigenvalue weighted by molar-refractivity contribution is 0.187. The number of hydrogen-bond donors (Lipinski definition) is 1. The van der Waals surface area contributed by atoms with E-state index in [-0.39, 0.29) is 0 Å². The van der Waals surface area contributed by atoms with Crippen molar-refractivity contribution in [1.29, 1.82) is 5.26 Å². The molecule has 0 amide bonds. The first-order valence-corrected chi connectivity index (χ1v) is 7.68. The molecule has 1 heterocycles. The van der Waals surface area contributed by atoms with Crippen LogP contribution in [0.15, 0.2) is 0 Å². The first-order chi connectivity index (χ1) is 8.88. The summed E-state index contributed by atoms with van der Waals surface area (Å²) < 4.78 is 0. The molecule has 3 heteroatoms. The zero-order valence-electron chi connectivity index (χ0n) is 11.5. The molecule has 0 aromatic carbocycles. The summed E-state index contributed by atoms with van der Waals surface area (Å²) in [4.78, 5) is 2.30. The highest BCUT2D eigenvalue weighted by Crippen LogP contribution is 2.23. The number of piperidine rings is 1. The monoisotopic (exact) mass is 249 g/mol. The van der Waals surface area contributed by atoms with E-state index >= 15 is 0 Å². The number of nitrogens with zero attached hydrogens (tertiary/aromatic N) is 2. The summed E-state index contributed by atoms with van der Waals surface area (Å²) in [7, 11) is 0. The highest BCUT2D eigenvalue weighted by molar-refractivity contribution is 4.82. The maximum atomic E-state index is 8.74. The molecule has 1 aliphatic carbocycles. The zero-order valence-corrected chi connectivity index (χ0v) is 11.5. The number of nitriles is 1. The molecule has 3 nitrogen and oxygen atoms in total. The minimum absolute atomic E-state index is 0.610. The van der Waals surface area contributed by atoms with Crippen LogP contribution in [0.3, 0.4) is 0 Å².